The molecule has 0 aliphatic heterocycles. The average Bonchev–Trinajstić information content (AvgIpc) is 3.16. The lowest BCUT2D eigenvalue weighted by Crippen LogP contribution is -2.29. The Morgan fingerprint density at radius 2 is 2.24 bits per heavy atom. The number of hydrogen-bond donors (Lipinski definition) is 5. The zero-order valence-electron chi connectivity index (χ0n) is 17.6. The number of carbonyl (C=O) groups excluding carboxylic acids is 1. The Morgan fingerprint density at radius 3 is 2.94 bits per heavy atom. The van der Waals surface area contributed by atoms with Gasteiger partial charge in [-0.1, -0.05) is 0 Å². The Bertz CT molecular complexity index is 1520. The van der Waals surface area contributed by atoms with E-state index in [1.807, 2.05) is 12.1 Å². The normalized spacial score (nSPS) is 15.9. The lowest BCUT2D eigenvalue weighted by molar-refractivity contribution is 0.0928. The highest BCUT2D eigenvalue weighted by molar-refractivity contribution is 7.17. The van der Waals surface area contributed by atoms with Crippen LogP contribution in [0.3, 0.4) is 0 Å². The molecule has 0 radical (unpaired) electrons. The van der Waals surface area contributed by atoms with Crippen molar-refractivity contribution in [3.8, 4) is 16.5 Å². The van der Waals surface area contributed by atoms with Gasteiger partial charge in [0.15, 0.2) is 11.1 Å². The van der Waals surface area contributed by atoms with E-state index in [1.54, 1.807) is 29.8 Å². The van der Waals surface area contributed by atoms with Crippen molar-refractivity contribution in [2.24, 2.45) is 4.99 Å². The fraction of sp³-hybridized carbons (Fsp3) is 0.286. The number of aromatic amines is 2. The van der Waals surface area contributed by atoms with E-state index >= 15 is 0 Å². The standard InChI is InChI=1S/C21H21N7O4S/c1-10(29)8-22-20(31)16-5-4-15(33-16)13-7-17(24-12-2-3-12)28-18(25-13)11(9-23-28)6-14-19(30)27-21(32)26-14/h4-7,9-10,12,29-30H,2-3,8H2,1H3,(H,22,31)(H2,26,27,32). The molecule has 170 valence electrons. The van der Waals surface area contributed by atoms with Crippen molar-refractivity contribution in [1.29, 1.82) is 0 Å². The second kappa shape index (κ2) is 8.30. The van der Waals surface area contributed by atoms with Crippen molar-refractivity contribution < 1.29 is 15.0 Å². The summed E-state index contributed by atoms with van der Waals surface area (Å²) in [6.45, 7) is 1.77. The van der Waals surface area contributed by atoms with E-state index in [0.717, 1.165) is 17.7 Å². The van der Waals surface area contributed by atoms with E-state index < -0.39 is 11.8 Å². The van der Waals surface area contributed by atoms with Crippen LogP contribution in [-0.2, 0) is 0 Å². The number of fused-ring (bicyclic) bond motifs is 1. The Hall–Kier alpha value is -3.77. The number of aromatic hydroxyl groups is 1. The maximum atomic E-state index is 12.4. The lowest BCUT2D eigenvalue weighted by Gasteiger charge is -2.05. The van der Waals surface area contributed by atoms with E-state index in [1.165, 1.54) is 11.3 Å². The van der Waals surface area contributed by atoms with Crippen LogP contribution >= 0.6 is 11.3 Å². The molecule has 12 heteroatoms. The largest absolute Gasteiger partial charge is 0.493 e. The molecule has 0 spiro atoms. The maximum absolute atomic E-state index is 12.4. The van der Waals surface area contributed by atoms with Gasteiger partial charge in [0.2, 0.25) is 5.88 Å². The molecule has 5 N–H and O–H groups in total. The highest BCUT2D eigenvalue weighted by Gasteiger charge is 2.21. The summed E-state index contributed by atoms with van der Waals surface area (Å²) >= 11 is 1.29. The third-order valence-corrected chi connectivity index (χ3v) is 6.12. The number of imidazole rings is 1. The minimum atomic E-state index is -0.630. The van der Waals surface area contributed by atoms with Crippen LogP contribution in [0.2, 0.25) is 0 Å². The molecule has 4 aromatic heterocycles. The average molecular weight is 468 g/mol. The molecule has 33 heavy (non-hydrogen) atoms. The summed E-state index contributed by atoms with van der Waals surface area (Å²) in [5.41, 5.74) is 1.46. The maximum Gasteiger partial charge on any atom is 0.326 e. The molecule has 1 unspecified atom stereocenters. The lowest BCUT2D eigenvalue weighted by atomic mass is 10.3. The SMILES string of the molecule is CC(O)CNC(=O)c1ccc(-c2cc(=NC3CC3)n3ncc(=Cc4[nH]c(=O)[nH]c4O)c3n2)s1. The Kier molecular flexibility index (Phi) is 5.30. The number of aliphatic hydroxyl groups is 1. The number of nitrogens with one attached hydrogen (secondary N) is 3. The molecule has 0 bridgehead atoms. The summed E-state index contributed by atoms with van der Waals surface area (Å²) in [5, 5.41) is 27.0. The summed E-state index contributed by atoms with van der Waals surface area (Å²) in [4.78, 5) is 39.4. The third kappa shape index (κ3) is 4.43. The summed E-state index contributed by atoms with van der Waals surface area (Å²) in [6.07, 6.45) is 4.58. The number of amides is 1. The monoisotopic (exact) mass is 467 g/mol. The first-order valence-electron chi connectivity index (χ1n) is 10.4. The van der Waals surface area contributed by atoms with Crippen molar-refractivity contribution in [2.75, 3.05) is 6.54 Å². The first kappa shape index (κ1) is 21.1. The quantitative estimate of drug-likeness (QED) is 0.266. The molecule has 0 saturated heterocycles. The van der Waals surface area contributed by atoms with Gasteiger partial charge < -0.3 is 20.5 Å². The number of aromatic nitrogens is 5. The minimum absolute atomic E-state index is 0.170. The van der Waals surface area contributed by atoms with Gasteiger partial charge in [0.25, 0.3) is 5.91 Å². The van der Waals surface area contributed by atoms with Crippen LogP contribution in [0.1, 0.15) is 35.1 Å². The fourth-order valence-electron chi connectivity index (χ4n) is 3.25. The van der Waals surface area contributed by atoms with Gasteiger partial charge in [0, 0.05) is 17.8 Å². The molecule has 1 aliphatic carbocycles. The first-order chi connectivity index (χ1) is 15.9. The number of hydrogen-bond acceptors (Lipinski definition) is 8. The van der Waals surface area contributed by atoms with Crippen molar-refractivity contribution in [1.82, 2.24) is 29.9 Å². The van der Waals surface area contributed by atoms with Gasteiger partial charge in [-0.2, -0.15) is 9.61 Å². The molecular formula is C21H21N7O4S. The van der Waals surface area contributed by atoms with Crippen LogP contribution in [0, 0.1) is 0 Å². The van der Waals surface area contributed by atoms with Crippen LogP contribution in [0.5, 0.6) is 5.88 Å². The van der Waals surface area contributed by atoms with Crippen molar-refractivity contribution >= 4 is 29.0 Å². The molecule has 11 nitrogen and oxygen atoms in total. The van der Waals surface area contributed by atoms with Gasteiger partial charge >= 0.3 is 5.69 Å². The van der Waals surface area contributed by atoms with Crippen molar-refractivity contribution in [2.45, 2.75) is 31.9 Å². The van der Waals surface area contributed by atoms with Crippen LogP contribution in [0.25, 0.3) is 22.3 Å². The van der Waals surface area contributed by atoms with Crippen LogP contribution in [0.15, 0.2) is 34.2 Å². The van der Waals surface area contributed by atoms with E-state index in [2.05, 4.69) is 20.4 Å². The van der Waals surface area contributed by atoms with Gasteiger partial charge in [-0.3, -0.25) is 14.8 Å². The Balaban J connectivity index is 1.61. The second-order valence-corrected chi connectivity index (χ2v) is 8.99. The van der Waals surface area contributed by atoms with Gasteiger partial charge in [-0.05, 0) is 38.0 Å². The van der Waals surface area contributed by atoms with Gasteiger partial charge in [-0.25, -0.2) is 9.78 Å². The smallest absolute Gasteiger partial charge is 0.326 e. The number of H-pyrrole nitrogens is 2. The minimum Gasteiger partial charge on any atom is -0.493 e. The summed E-state index contributed by atoms with van der Waals surface area (Å²) < 4.78 is 1.62. The molecule has 5 rings (SSSR count). The van der Waals surface area contributed by atoms with Crippen LogP contribution in [0.4, 0.5) is 0 Å². The Labute approximate surface area is 190 Å². The second-order valence-electron chi connectivity index (χ2n) is 7.90. The topological polar surface area (TPSA) is 161 Å². The van der Waals surface area contributed by atoms with Gasteiger partial charge in [0.05, 0.1) is 33.8 Å². The Morgan fingerprint density at radius 1 is 1.42 bits per heavy atom. The van der Waals surface area contributed by atoms with E-state index in [0.29, 0.717) is 26.9 Å². The molecule has 1 saturated carbocycles. The summed E-state index contributed by atoms with van der Waals surface area (Å²) in [5.74, 6) is -0.536. The van der Waals surface area contributed by atoms with Crippen LogP contribution < -0.4 is 21.7 Å². The number of aliphatic hydroxyl groups excluding tert-OH is 1. The predicted octanol–water partition coefficient (Wildman–Crippen LogP) is -0.0988. The number of thiophene rings is 1. The fourth-order valence-corrected chi connectivity index (χ4v) is 4.13. The van der Waals surface area contributed by atoms with E-state index in [9.17, 15) is 19.8 Å². The van der Waals surface area contributed by atoms with Gasteiger partial charge in [0.1, 0.15) is 5.69 Å². The highest BCUT2D eigenvalue weighted by atomic mass is 32.1. The zero-order chi connectivity index (χ0) is 23.1. The first-order valence-corrected chi connectivity index (χ1v) is 11.2. The van der Waals surface area contributed by atoms with Crippen molar-refractivity contribution in [3.05, 3.63) is 56.2 Å². The molecule has 1 atom stereocenters. The number of nitrogens with zero attached hydrogens (tertiary/aromatic N) is 4. The van der Waals surface area contributed by atoms with Gasteiger partial charge in [-0.15, -0.1) is 11.3 Å². The summed E-state index contributed by atoms with van der Waals surface area (Å²) in [7, 11) is 0. The summed E-state index contributed by atoms with van der Waals surface area (Å²) in [6, 6.07) is 5.61. The van der Waals surface area contributed by atoms with E-state index in [-0.39, 0.29) is 30.1 Å². The molecule has 1 fully saturated rings. The molecule has 0 aromatic carbocycles. The number of rotatable bonds is 6. The molecule has 4 aromatic rings. The highest BCUT2D eigenvalue weighted by Crippen LogP contribution is 2.27. The zero-order valence-corrected chi connectivity index (χ0v) is 18.4. The molecule has 1 aliphatic rings. The third-order valence-electron chi connectivity index (χ3n) is 5.02. The molecule has 4 heterocycles. The van der Waals surface area contributed by atoms with Crippen LogP contribution in [-0.4, -0.2) is 59.4 Å². The molecule has 1 amide bonds. The predicted molar refractivity (Wildman–Crippen MR) is 121 cm³/mol. The van der Waals surface area contributed by atoms with Crippen molar-refractivity contribution in [3.63, 3.8) is 0 Å². The number of carbonyl (C=O) groups is 1. The molecular weight excluding hydrogens is 446 g/mol. The van der Waals surface area contributed by atoms with E-state index in [4.69, 9.17) is 9.98 Å².